The van der Waals surface area contributed by atoms with E-state index in [1.54, 1.807) is 6.07 Å². The molecule has 2 fully saturated rings. The lowest BCUT2D eigenvalue weighted by Gasteiger charge is -2.26. The summed E-state index contributed by atoms with van der Waals surface area (Å²) in [5, 5.41) is 2.71. The van der Waals surface area contributed by atoms with Crippen molar-refractivity contribution in [2.24, 2.45) is 5.92 Å². The normalized spacial score (nSPS) is 18.3. The maximum Gasteiger partial charge on any atom is 0.250 e. The van der Waals surface area contributed by atoms with Crippen LogP contribution in [0.3, 0.4) is 0 Å². The van der Waals surface area contributed by atoms with E-state index >= 15 is 0 Å². The Hall–Kier alpha value is -1.68. The van der Waals surface area contributed by atoms with Crippen molar-refractivity contribution >= 4 is 21.6 Å². The number of amides is 1. The molecule has 1 saturated carbocycles. The second-order valence-electron chi connectivity index (χ2n) is 6.61. The molecule has 1 amide bonds. The number of nitrogens with one attached hydrogen (secondary N) is 1. The van der Waals surface area contributed by atoms with Crippen LogP contribution in [0, 0.1) is 5.92 Å². The lowest BCUT2D eigenvalue weighted by atomic mass is 10.3. The predicted octanol–water partition coefficient (Wildman–Crippen LogP) is 1.47. The Kier molecular flexibility index (Phi) is 6.69. The van der Waals surface area contributed by atoms with E-state index < -0.39 is 10.0 Å². The van der Waals surface area contributed by atoms with Crippen LogP contribution in [0.15, 0.2) is 23.1 Å². The van der Waals surface area contributed by atoms with Crippen LogP contribution >= 0.6 is 0 Å². The molecule has 8 nitrogen and oxygen atoms in total. The Morgan fingerprint density at radius 3 is 2.70 bits per heavy atom. The van der Waals surface area contributed by atoms with Gasteiger partial charge in [0, 0.05) is 13.1 Å². The van der Waals surface area contributed by atoms with Gasteiger partial charge in [-0.1, -0.05) is 0 Å². The highest BCUT2D eigenvalue weighted by Gasteiger charge is 2.27. The molecule has 1 aliphatic heterocycles. The Balaban J connectivity index is 1.73. The maximum atomic E-state index is 12.8. The smallest absolute Gasteiger partial charge is 0.250 e. The fourth-order valence-electron chi connectivity index (χ4n) is 2.77. The number of ether oxygens (including phenoxy) is 3. The van der Waals surface area contributed by atoms with Crippen molar-refractivity contribution in [1.82, 2.24) is 4.31 Å². The van der Waals surface area contributed by atoms with Crippen molar-refractivity contribution in [3.63, 3.8) is 0 Å². The summed E-state index contributed by atoms with van der Waals surface area (Å²) in [5.41, 5.74) is 0.325. The van der Waals surface area contributed by atoms with E-state index in [4.69, 9.17) is 14.2 Å². The molecule has 0 spiro atoms. The van der Waals surface area contributed by atoms with Gasteiger partial charge in [-0.2, -0.15) is 4.31 Å². The van der Waals surface area contributed by atoms with Gasteiger partial charge in [0.2, 0.25) is 15.9 Å². The predicted molar refractivity (Wildman–Crippen MR) is 99.4 cm³/mol. The lowest BCUT2D eigenvalue weighted by molar-refractivity contribution is -0.120. The van der Waals surface area contributed by atoms with Gasteiger partial charge >= 0.3 is 0 Å². The molecule has 1 heterocycles. The van der Waals surface area contributed by atoms with E-state index in [1.165, 1.54) is 16.4 Å². The topological polar surface area (TPSA) is 94.2 Å². The first-order chi connectivity index (χ1) is 13.0. The second kappa shape index (κ2) is 9.01. The molecule has 150 valence electrons. The number of morpholine rings is 1. The van der Waals surface area contributed by atoms with Gasteiger partial charge in [-0.05, 0) is 43.9 Å². The van der Waals surface area contributed by atoms with Crippen LogP contribution in [0.4, 0.5) is 5.69 Å². The molecule has 1 aromatic rings. The third-order valence-corrected chi connectivity index (χ3v) is 6.31. The molecule has 9 heteroatoms. The Bertz CT molecular complexity index is 757. The summed E-state index contributed by atoms with van der Waals surface area (Å²) in [6.45, 7) is 4.11. The monoisotopic (exact) mass is 398 g/mol. The molecular weight excluding hydrogens is 372 g/mol. The van der Waals surface area contributed by atoms with E-state index in [0.29, 0.717) is 56.9 Å². The average Bonchev–Trinajstić information content (AvgIpc) is 3.48. The van der Waals surface area contributed by atoms with E-state index in [9.17, 15) is 13.2 Å². The van der Waals surface area contributed by atoms with Crippen LogP contribution in [-0.4, -0.2) is 64.8 Å². The molecule has 2 aliphatic rings. The number of benzene rings is 1. The second-order valence-corrected chi connectivity index (χ2v) is 8.55. The van der Waals surface area contributed by atoms with Gasteiger partial charge in [-0.3, -0.25) is 4.79 Å². The number of nitrogens with zero attached hydrogens (tertiary/aromatic N) is 1. The van der Waals surface area contributed by atoms with E-state index in [1.807, 2.05) is 6.92 Å². The van der Waals surface area contributed by atoms with Crippen LogP contribution in [0.1, 0.15) is 19.8 Å². The first-order valence-corrected chi connectivity index (χ1v) is 10.7. The van der Waals surface area contributed by atoms with Gasteiger partial charge in [-0.25, -0.2) is 8.42 Å². The molecule has 1 saturated heterocycles. The van der Waals surface area contributed by atoms with Crippen LogP contribution in [-0.2, 0) is 24.3 Å². The van der Waals surface area contributed by atoms with Crippen LogP contribution in [0.5, 0.6) is 5.75 Å². The maximum absolute atomic E-state index is 12.8. The number of carbonyl (C=O) groups is 1. The third-order valence-electron chi connectivity index (χ3n) is 4.42. The molecular formula is C18H26N2O6S. The van der Waals surface area contributed by atoms with E-state index in [2.05, 4.69) is 5.32 Å². The lowest BCUT2D eigenvalue weighted by Crippen LogP contribution is -2.40. The fraction of sp³-hybridized carbons (Fsp3) is 0.611. The molecule has 0 bridgehead atoms. The van der Waals surface area contributed by atoms with Crippen LogP contribution in [0.2, 0.25) is 0 Å². The molecule has 0 radical (unpaired) electrons. The van der Waals surface area contributed by atoms with Crippen LogP contribution < -0.4 is 10.1 Å². The van der Waals surface area contributed by atoms with E-state index in [0.717, 1.165) is 12.8 Å². The number of carbonyl (C=O) groups excluding carboxylic acids is 1. The summed E-state index contributed by atoms with van der Waals surface area (Å²) in [4.78, 5) is 12.3. The minimum absolute atomic E-state index is 0.0670. The summed E-state index contributed by atoms with van der Waals surface area (Å²) < 4.78 is 43.2. The van der Waals surface area contributed by atoms with Crippen molar-refractivity contribution in [1.29, 1.82) is 0 Å². The standard InChI is InChI=1S/C18H26N2O6S/c1-2-26-17-6-5-15(27(22,23)20-7-9-24-10-8-20)11-16(17)19-18(21)13-25-12-14-3-4-14/h5-6,11,14H,2-4,7-10,12-13H2,1H3,(H,19,21). The van der Waals surface area contributed by atoms with Crippen molar-refractivity contribution in [2.45, 2.75) is 24.7 Å². The highest BCUT2D eigenvalue weighted by atomic mass is 32.2. The largest absolute Gasteiger partial charge is 0.492 e. The van der Waals surface area contributed by atoms with Crippen molar-refractivity contribution in [3.8, 4) is 5.75 Å². The molecule has 0 aromatic heterocycles. The zero-order valence-corrected chi connectivity index (χ0v) is 16.3. The highest BCUT2D eigenvalue weighted by molar-refractivity contribution is 7.89. The van der Waals surface area contributed by atoms with Gasteiger partial charge < -0.3 is 19.5 Å². The molecule has 1 aromatic carbocycles. The van der Waals surface area contributed by atoms with Crippen molar-refractivity contribution in [2.75, 3.05) is 51.4 Å². The summed E-state index contributed by atoms with van der Waals surface area (Å²) in [6, 6.07) is 4.50. The average molecular weight is 398 g/mol. The third kappa shape index (κ3) is 5.41. The molecule has 3 rings (SSSR count). The number of anilines is 1. The quantitative estimate of drug-likeness (QED) is 0.677. The minimum Gasteiger partial charge on any atom is -0.492 e. The summed E-state index contributed by atoms with van der Waals surface area (Å²) in [7, 11) is -3.66. The van der Waals surface area contributed by atoms with Gasteiger partial charge in [0.15, 0.2) is 0 Å². The number of hydrogen-bond donors (Lipinski definition) is 1. The fourth-order valence-corrected chi connectivity index (χ4v) is 4.21. The van der Waals surface area contributed by atoms with Gasteiger partial charge in [0.1, 0.15) is 12.4 Å². The van der Waals surface area contributed by atoms with Crippen molar-refractivity contribution in [3.05, 3.63) is 18.2 Å². The molecule has 0 atom stereocenters. The zero-order valence-electron chi connectivity index (χ0n) is 15.5. The molecule has 0 unspecified atom stereocenters. The first-order valence-electron chi connectivity index (χ1n) is 9.23. The number of sulfonamides is 1. The van der Waals surface area contributed by atoms with Gasteiger partial charge in [0.05, 0.1) is 37.0 Å². The Morgan fingerprint density at radius 1 is 1.30 bits per heavy atom. The van der Waals surface area contributed by atoms with Crippen molar-refractivity contribution < 1.29 is 27.4 Å². The Labute approximate surface area is 159 Å². The van der Waals surface area contributed by atoms with Gasteiger partial charge in [-0.15, -0.1) is 0 Å². The summed E-state index contributed by atoms with van der Waals surface area (Å²) >= 11 is 0. The first kappa shape index (κ1) is 20.1. The van der Waals surface area contributed by atoms with E-state index in [-0.39, 0.29) is 17.4 Å². The SMILES string of the molecule is CCOc1ccc(S(=O)(=O)N2CCOCC2)cc1NC(=O)COCC1CC1. The summed E-state index contributed by atoms with van der Waals surface area (Å²) in [5.74, 6) is 0.658. The Morgan fingerprint density at radius 2 is 2.04 bits per heavy atom. The number of rotatable bonds is 9. The molecule has 1 aliphatic carbocycles. The summed E-state index contributed by atoms with van der Waals surface area (Å²) in [6.07, 6.45) is 2.30. The number of hydrogen-bond acceptors (Lipinski definition) is 6. The highest BCUT2D eigenvalue weighted by Crippen LogP contribution is 2.30. The van der Waals surface area contributed by atoms with Crippen LogP contribution in [0.25, 0.3) is 0 Å². The minimum atomic E-state index is -3.66. The van der Waals surface area contributed by atoms with Gasteiger partial charge in [0.25, 0.3) is 0 Å². The molecule has 27 heavy (non-hydrogen) atoms. The zero-order chi connectivity index (χ0) is 19.3. The molecule has 1 N–H and O–H groups in total.